The highest BCUT2D eigenvalue weighted by Crippen LogP contribution is 2.27. The van der Waals surface area contributed by atoms with E-state index < -0.39 is 11.5 Å². The van der Waals surface area contributed by atoms with E-state index in [0.717, 1.165) is 0 Å². The number of rotatable bonds is 5. The Morgan fingerprint density at radius 3 is 2.63 bits per heavy atom. The van der Waals surface area contributed by atoms with Gasteiger partial charge in [-0.05, 0) is 49.7 Å². The number of hydrogen-bond acceptors (Lipinski definition) is 5. The topological polar surface area (TPSA) is 93.5 Å². The predicted molar refractivity (Wildman–Crippen MR) is 103 cm³/mol. The minimum atomic E-state index is -0.635. The van der Waals surface area contributed by atoms with E-state index in [1.807, 2.05) is 13.8 Å². The summed E-state index contributed by atoms with van der Waals surface area (Å²) in [6.45, 7) is 3.75. The minimum Gasteiger partial charge on any atom is -0.506 e. The van der Waals surface area contributed by atoms with Gasteiger partial charge in [-0.3, -0.25) is 14.2 Å². The van der Waals surface area contributed by atoms with Crippen LogP contribution in [0.4, 0.5) is 0 Å². The van der Waals surface area contributed by atoms with E-state index in [1.54, 1.807) is 43.5 Å². The van der Waals surface area contributed by atoms with Crippen LogP contribution in [0.3, 0.4) is 0 Å². The van der Waals surface area contributed by atoms with Crippen molar-refractivity contribution in [1.29, 1.82) is 0 Å². The third-order valence-corrected chi connectivity index (χ3v) is 4.45. The second-order valence-electron chi connectivity index (χ2n) is 6.22. The first-order valence-corrected chi connectivity index (χ1v) is 8.65. The molecule has 1 aromatic carbocycles. The molecule has 0 aliphatic heterocycles. The van der Waals surface area contributed by atoms with Crippen LogP contribution in [0.2, 0.25) is 0 Å². The van der Waals surface area contributed by atoms with Crippen LogP contribution >= 0.6 is 0 Å². The van der Waals surface area contributed by atoms with Crippen LogP contribution in [-0.4, -0.2) is 33.7 Å². The zero-order valence-corrected chi connectivity index (χ0v) is 15.4. The molecule has 0 fully saturated rings. The second kappa shape index (κ2) is 7.49. The number of methoxy groups -OCH3 is 1. The van der Waals surface area contributed by atoms with E-state index >= 15 is 0 Å². The molecule has 1 atom stereocenters. The maximum atomic E-state index is 13.1. The lowest BCUT2D eigenvalue weighted by molar-refractivity contribution is 0.0935. The fraction of sp³-hybridized carbons (Fsp3) is 0.250. The van der Waals surface area contributed by atoms with Crippen molar-refractivity contribution in [2.24, 2.45) is 0 Å². The van der Waals surface area contributed by atoms with Gasteiger partial charge >= 0.3 is 0 Å². The van der Waals surface area contributed by atoms with Crippen molar-refractivity contribution in [2.45, 2.75) is 26.3 Å². The van der Waals surface area contributed by atoms with Gasteiger partial charge in [-0.25, -0.2) is 4.98 Å². The molecule has 0 aliphatic rings. The average Bonchev–Trinajstić information content (AvgIpc) is 2.68. The first kappa shape index (κ1) is 18.4. The molecule has 1 amide bonds. The van der Waals surface area contributed by atoms with Gasteiger partial charge in [0.2, 0.25) is 0 Å². The van der Waals surface area contributed by atoms with Crippen molar-refractivity contribution < 1.29 is 14.6 Å². The quantitative estimate of drug-likeness (QED) is 0.723. The van der Waals surface area contributed by atoms with Crippen LogP contribution in [0.5, 0.6) is 11.5 Å². The number of nitrogens with one attached hydrogen (secondary N) is 1. The van der Waals surface area contributed by atoms with Crippen molar-refractivity contribution >= 4 is 16.9 Å². The molecule has 0 bridgehead atoms. The Bertz CT molecular complexity index is 1040. The maximum absolute atomic E-state index is 13.1. The Morgan fingerprint density at radius 2 is 2.00 bits per heavy atom. The average molecular weight is 367 g/mol. The third kappa shape index (κ3) is 3.36. The summed E-state index contributed by atoms with van der Waals surface area (Å²) in [5, 5.41) is 13.7. The van der Waals surface area contributed by atoms with Crippen molar-refractivity contribution in [2.75, 3.05) is 7.11 Å². The van der Waals surface area contributed by atoms with Crippen molar-refractivity contribution in [3.63, 3.8) is 0 Å². The number of aromatic hydroxyl groups is 1. The lowest BCUT2D eigenvalue weighted by atomic mass is 10.1. The van der Waals surface area contributed by atoms with Gasteiger partial charge in [0.1, 0.15) is 17.1 Å². The number of amides is 1. The number of carbonyl (C=O) groups is 1. The molecule has 2 N–H and O–H groups in total. The number of aromatic nitrogens is 2. The van der Waals surface area contributed by atoms with E-state index in [1.165, 1.54) is 10.8 Å². The molecule has 140 valence electrons. The second-order valence-corrected chi connectivity index (χ2v) is 6.22. The number of benzene rings is 1. The van der Waals surface area contributed by atoms with Gasteiger partial charge in [-0.1, -0.05) is 6.92 Å². The van der Waals surface area contributed by atoms with E-state index in [4.69, 9.17) is 4.74 Å². The molecule has 7 heteroatoms. The normalized spacial score (nSPS) is 12.0. The van der Waals surface area contributed by atoms with Crippen molar-refractivity contribution in [3.05, 3.63) is 58.5 Å². The third-order valence-electron chi connectivity index (χ3n) is 4.45. The standard InChI is InChI=1S/C20H21N3O4/c1-4-12(2)22-19(25)16-17(24)15-6-5-11-21-18(15)23(20(16)26)13-7-9-14(27-3)10-8-13/h5-12,24H,4H2,1-3H3,(H,22,25)/t12-/m0/s1. The monoisotopic (exact) mass is 367 g/mol. The first-order chi connectivity index (χ1) is 13.0. The molecular weight excluding hydrogens is 346 g/mol. The van der Waals surface area contributed by atoms with E-state index in [0.29, 0.717) is 23.2 Å². The van der Waals surface area contributed by atoms with Gasteiger partial charge in [0.15, 0.2) is 5.65 Å². The summed E-state index contributed by atoms with van der Waals surface area (Å²) < 4.78 is 6.47. The largest absolute Gasteiger partial charge is 0.506 e. The molecule has 0 saturated carbocycles. The fourth-order valence-corrected chi connectivity index (χ4v) is 2.78. The highest BCUT2D eigenvalue weighted by molar-refractivity contribution is 6.02. The number of nitrogens with zero attached hydrogens (tertiary/aromatic N) is 2. The minimum absolute atomic E-state index is 0.129. The summed E-state index contributed by atoms with van der Waals surface area (Å²) in [4.78, 5) is 30.0. The Balaban J connectivity index is 2.29. The molecule has 0 aliphatic carbocycles. The van der Waals surface area contributed by atoms with Crippen LogP contribution in [0.25, 0.3) is 16.7 Å². The highest BCUT2D eigenvalue weighted by Gasteiger charge is 2.24. The summed E-state index contributed by atoms with van der Waals surface area (Å²) in [5.41, 5.74) is -0.149. The lowest BCUT2D eigenvalue weighted by Crippen LogP contribution is -2.37. The van der Waals surface area contributed by atoms with Crippen LogP contribution in [0.1, 0.15) is 30.6 Å². The van der Waals surface area contributed by atoms with E-state index in [2.05, 4.69) is 10.3 Å². The number of ether oxygens (including phenoxy) is 1. The Kier molecular flexibility index (Phi) is 5.12. The van der Waals surface area contributed by atoms with Crippen molar-refractivity contribution in [3.8, 4) is 17.2 Å². The van der Waals surface area contributed by atoms with Gasteiger partial charge in [0.25, 0.3) is 11.5 Å². The molecule has 3 aromatic rings. The molecule has 7 nitrogen and oxygen atoms in total. The number of fused-ring (bicyclic) bond motifs is 1. The molecule has 2 aromatic heterocycles. The summed E-state index contributed by atoms with van der Waals surface area (Å²) in [6, 6.07) is 9.95. The van der Waals surface area contributed by atoms with E-state index in [9.17, 15) is 14.7 Å². The van der Waals surface area contributed by atoms with E-state index in [-0.39, 0.29) is 23.0 Å². The summed E-state index contributed by atoms with van der Waals surface area (Å²) in [6.07, 6.45) is 2.23. The van der Waals surface area contributed by atoms with Crippen LogP contribution in [0.15, 0.2) is 47.4 Å². The van der Waals surface area contributed by atoms with Gasteiger partial charge in [-0.2, -0.15) is 0 Å². The Labute approximate surface area is 156 Å². The lowest BCUT2D eigenvalue weighted by Gasteiger charge is -2.16. The zero-order valence-electron chi connectivity index (χ0n) is 15.4. The summed E-state index contributed by atoms with van der Waals surface area (Å²) >= 11 is 0. The van der Waals surface area contributed by atoms with Crippen molar-refractivity contribution in [1.82, 2.24) is 14.9 Å². The van der Waals surface area contributed by atoms with Gasteiger partial charge in [0.05, 0.1) is 18.2 Å². The number of pyridine rings is 2. The molecule has 2 heterocycles. The molecule has 0 radical (unpaired) electrons. The van der Waals surface area contributed by atoms with Gasteiger partial charge in [0, 0.05) is 12.2 Å². The molecular formula is C20H21N3O4. The summed E-state index contributed by atoms with van der Waals surface area (Å²) in [7, 11) is 1.55. The number of hydrogen-bond donors (Lipinski definition) is 2. The molecule has 0 spiro atoms. The molecule has 0 saturated heterocycles. The van der Waals surface area contributed by atoms with Crippen LogP contribution < -0.4 is 15.6 Å². The SMILES string of the molecule is CC[C@H](C)NC(=O)c1c(O)c2cccnc2n(-c2ccc(OC)cc2)c1=O. The first-order valence-electron chi connectivity index (χ1n) is 8.65. The van der Waals surface area contributed by atoms with Crippen LogP contribution in [-0.2, 0) is 0 Å². The zero-order chi connectivity index (χ0) is 19.6. The maximum Gasteiger partial charge on any atom is 0.273 e. The molecule has 3 rings (SSSR count). The Morgan fingerprint density at radius 1 is 1.30 bits per heavy atom. The predicted octanol–water partition coefficient (Wildman–Crippen LogP) is 2.63. The molecule has 27 heavy (non-hydrogen) atoms. The Hall–Kier alpha value is -3.35. The molecule has 0 unspecified atom stereocenters. The fourth-order valence-electron chi connectivity index (χ4n) is 2.78. The number of carbonyl (C=O) groups excluding carboxylic acids is 1. The van der Waals surface area contributed by atoms with Gasteiger partial charge in [-0.15, -0.1) is 0 Å². The van der Waals surface area contributed by atoms with Gasteiger partial charge < -0.3 is 15.2 Å². The van der Waals surface area contributed by atoms with Crippen LogP contribution in [0, 0.1) is 0 Å². The highest BCUT2D eigenvalue weighted by atomic mass is 16.5. The summed E-state index contributed by atoms with van der Waals surface area (Å²) in [5.74, 6) is -0.342. The smallest absolute Gasteiger partial charge is 0.273 e.